The smallest absolute Gasteiger partial charge is 0.237 e. The van der Waals surface area contributed by atoms with E-state index in [9.17, 15) is 4.79 Å². The van der Waals surface area contributed by atoms with E-state index < -0.39 is 5.54 Å². The van der Waals surface area contributed by atoms with Gasteiger partial charge in [0.2, 0.25) is 11.1 Å². The minimum Gasteiger partial charge on any atom is -0.368 e. The van der Waals surface area contributed by atoms with E-state index in [0.29, 0.717) is 6.42 Å². The van der Waals surface area contributed by atoms with Crippen LogP contribution in [0.15, 0.2) is 5.16 Å². The minimum absolute atomic E-state index is 0.321. The van der Waals surface area contributed by atoms with Gasteiger partial charge >= 0.3 is 0 Å². The van der Waals surface area contributed by atoms with Crippen molar-refractivity contribution in [3.05, 3.63) is 5.82 Å². The molecule has 1 amide bonds. The number of aryl methyl sites for hydroxylation is 1. The van der Waals surface area contributed by atoms with Gasteiger partial charge in [-0.25, -0.2) is 4.98 Å². The van der Waals surface area contributed by atoms with Crippen molar-refractivity contribution in [2.24, 2.45) is 5.73 Å². The molecule has 0 radical (unpaired) electrons. The lowest BCUT2D eigenvalue weighted by molar-refractivity contribution is -0.123. The van der Waals surface area contributed by atoms with E-state index in [4.69, 9.17) is 5.73 Å². The van der Waals surface area contributed by atoms with Gasteiger partial charge in [-0.1, -0.05) is 11.8 Å². The van der Waals surface area contributed by atoms with Crippen molar-refractivity contribution in [3.63, 3.8) is 0 Å². The molecule has 0 aromatic carbocycles. The Morgan fingerprint density at radius 1 is 1.65 bits per heavy atom. The fourth-order valence-electron chi connectivity index (χ4n) is 1.35. The SMILES string of the molecule is CNC(C)(CCCSc1n[nH]c(C)n1)C(N)=O. The number of nitrogens with zero attached hydrogens (tertiary/aromatic N) is 2. The van der Waals surface area contributed by atoms with Gasteiger partial charge in [0.15, 0.2) is 0 Å². The van der Waals surface area contributed by atoms with Crippen LogP contribution in [0.25, 0.3) is 0 Å². The van der Waals surface area contributed by atoms with Crippen LogP contribution >= 0.6 is 11.8 Å². The number of nitrogens with one attached hydrogen (secondary N) is 2. The molecule has 0 fully saturated rings. The number of aromatic amines is 1. The second kappa shape index (κ2) is 6.02. The van der Waals surface area contributed by atoms with Crippen molar-refractivity contribution in [1.82, 2.24) is 20.5 Å². The van der Waals surface area contributed by atoms with E-state index >= 15 is 0 Å². The van der Waals surface area contributed by atoms with Crippen molar-refractivity contribution in [2.45, 2.75) is 37.4 Å². The third kappa shape index (κ3) is 4.01. The van der Waals surface area contributed by atoms with Crippen LogP contribution in [0.4, 0.5) is 0 Å². The zero-order valence-electron chi connectivity index (χ0n) is 10.4. The molecule has 0 aliphatic carbocycles. The van der Waals surface area contributed by atoms with Crippen LogP contribution in [-0.4, -0.2) is 39.4 Å². The van der Waals surface area contributed by atoms with Crippen LogP contribution in [0, 0.1) is 6.92 Å². The topological polar surface area (TPSA) is 96.7 Å². The molecular formula is C10H19N5OS. The highest BCUT2D eigenvalue weighted by atomic mass is 32.2. The third-order valence-corrected chi connectivity index (χ3v) is 3.66. The number of carbonyl (C=O) groups is 1. The van der Waals surface area contributed by atoms with Gasteiger partial charge in [-0.15, -0.1) is 5.10 Å². The molecule has 6 nitrogen and oxygen atoms in total. The largest absolute Gasteiger partial charge is 0.368 e. The summed E-state index contributed by atoms with van der Waals surface area (Å²) in [6.45, 7) is 3.68. The fraction of sp³-hybridized carbons (Fsp3) is 0.700. The molecule has 0 aliphatic heterocycles. The number of primary amides is 1. The van der Waals surface area contributed by atoms with Gasteiger partial charge in [-0.2, -0.15) is 0 Å². The summed E-state index contributed by atoms with van der Waals surface area (Å²) >= 11 is 1.57. The normalized spacial score (nSPS) is 14.5. The van der Waals surface area contributed by atoms with Gasteiger partial charge in [0, 0.05) is 5.75 Å². The lowest BCUT2D eigenvalue weighted by atomic mass is 9.96. The molecule has 1 atom stereocenters. The predicted molar refractivity (Wildman–Crippen MR) is 67.7 cm³/mol. The summed E-state index contributed by atoms with van der Waals surface area (Å²) < 4.78 is 0. The number of H-pyrrole nitrogens is 1. The van der Waals surface area contributed by atoms with Crippen LogP contribution in [0.1, 0.15) is 25.6 Å². The Labute approximate surface area is 105 Å². The first-order chi connectivity index (χ1) is 7.98. The molecule has 96 valence electrons. The van der Waals surface area contributed by atoms with E-state index in [1.54, 1.807) is 18.8 Å². The molecule has 17 heavy (non-hydrogen) atoms. The number of hydrogen-bond donors (Lipinski definition) is 3. The number of amides is 1. The van der Waals surface area contributed by atoms with Crippen molar-refractivity contribution < 1.29 is 4.79 Å². The molecule has 0 spiro atoms. The predicted octanol–water partition coefficient (Wildman–Crippen LogP) is 0.449. The van der Waals surface area contributed by atoms with Crippen LogP contribution in [-0.2, 0) is 4.79 Å². The molecule has 1 rings (SSSR count). The van der Waals surface area contributed by atoms with E-state index in [-0.39, 0.29) is 5.91 Å². The van der Waals surface area contributed by atoms with Gasteiger partial charge < -0.3 is 11.1 Å². The van der Waals surface area contributed by atoms with Gasteiger partial charge in [0.25, 0.3) is 0 Å². The van der Waals surface area contributed by atoms with E-state index in [1.807, 2.05) is 13.8 Å². The first kappa shape index (κ1) is 14.0. The summed E-state index contributed by atoms with van der Waals surface area (Å²) in [6.07, 6.45) is 1.58. The monoisotopic (exact) mass is 257 g/mol. The number of nitrogens with two attached hydrogens (primary N) is 1. The first-order valence-corrected chi connectivity index (χ1v) is 6.47. The summed E-state index contributed by atoms with van der Waals surface area (Å²) in [7, 11) is 1.75. The van der Waals surface area contributed by atoms with E-state index in [1.165, 1.54) is 0 Å². The molecule has 0 saturated carbocycles. The molecule has 7 heteroatoms. The Morgan fingerprint density at radius 2 is 2.35 bits per heavy atom. The summed E-state index contributed by atoms with van der Waals surface area (Å²) in [6, 6.07) is 0. The highest BCUT2D eigenvalue weighted by Crippen LogP contribution is 2.18. The van der Waals surface area contributed by atoms with Crippen LogP contribution in [0.3, 0.4) is 0 Å². The maximum absolute atomic E-state index is 11.2. The molecule has 1 aromatic heterocycles. The van der Waals surface area contributed by atoms with E-state index in [2.05, 4.69) is 20.5 Å². The highest BCUT2D eigenvalue weighted by molar-refractivity contribution is 7.99. The van der Waals surface area contributed by atoms with Gasteiger partial charge in [-0.05, 0) is 33.7 Å². The summed E-state index contributed by atoms with van der Waals surface area (Å²) in [5.74, 6) is 1.35. The zero-order valence-corrected chi connectivity index (χ0v) is 11.2. The maximum Gasteiger partial charge on any atom is 0.237 e. The molecule has 1 unspecified atom stereocenters. The fourth-order valence-corrected chi connectivity index (χ4v) is 2.13. The highest BCUT2D eigenvalue weighted by Gasteiger charge is 2.27. The lowest BCUT2D eigenvalue weighted by Crippen LogP contribution is -2.51. The van der Waals surface area contributed by atoms with Gasteiger partial charge in [0.1, 0.15) is 5.82 Å². The van der Waals surface area contributed by atoms with Crippen molar-refractivity contribution in [1.29, 1.82) is 0 Å². The third-order valence-electron chi connectivity index (χ3n) is 2.72. The number of aromatic nitrogens is 3. The first-order valence-electron chi connectivity index (χ1n) is 5.48. The molecule has 0 bridgehead atoms. The van der Waals surface area contributed by atoms with Crippen molar-refractivity contribution >= 4 is 17.7 Å². The standard InChI is InChI=1S/C10H19N5OS/c1-7-13-9(15-14-7)17-6-4-5-10(2,12-3)8(11)16/h12H,4-6H2,1-3H3,(H2,11,16)(H,13,14,15). The quantitative estimate of drug-likeness (QED) is 0.487. The number of hydrogen-bond acceptors (Lipinski definition) is 5. The number of likely N-dealkylation sites (N-methyl/N-ethyl adjacent to an activating group) is 1. The van der Waals surface area contributed by atoms with Crippen molar-refractivity contribution in [2.75, 3.05) is 12.8 Å². The number of rotatable bonds is 7. The summed E-state index contributed by atoms with van der Waals surface area (Å²) in [5, 5.41) is 10.5. The van der Waals surface area contributed by atoms with Crippen molar-refractivity contribution in [3.8, 4) is 0 Å². The summed E-state index contributed by atoms with van der Waals surface area (Å²) in [5.41, 5.74) is 4.71. The Bertz CT molecular complexity index is 381. The number of carbonyl (C=O) groups excluding carboxylic acids is 1. The lowest BCUT2D eigenvalue weighted by Gasteiger charge is -2.25. The zero-order chi connectivity index (χ0) is 12.9. The molecule has 1 heterocycles. The number of thioether (sulfide) groups is 1. The average Bonchev–Trinajstić information content (AvgIpc) is 2.70. The Balaban J connectivity index is 2.30. The molecular weight excluding hydrogens is 238 g/mol. The van der Waals surface area contributed by atoms with Crippen LogP contribution in [0.2, 0.25) is 0 Å². The van der Waals surface area contributed by atoms with E-state index in [0.717, 1.165) is 23.2 Å². The molecule has 0 aliphatic rings. The maximum atomic E-state index is 11.2. The summed E-state index contributed by atoms with van der Waals surface area (Å²) in [4.78, 5) is 15.4. The van der Waals surface area contributed by atoms with Gasteiger partial charge in [0.05, 0.1) is 5.54 Å². The van der Waals surface area contributed by atoms with Crippen LogP contribution < -0.4 is 11.1 Å². The average molecular weight is 257 g/mol. The molecule has 0 saturated heterocycles. The Kier molecular flexibility index (Phi) is 4.95. The molecule has 4 N–H and O–H groups in total. The Morgan fingerprint density at radius 3 is 2.82 bits per heavy atom. The second-order valence-corrected chi connectivity index (χ2v) is 5.16. The van der Waals surface area contributed by atoms with Crippen LogP contribution in [0.5, 0.6) is 0 Å². The minimum atomic E-state index is -0.629. The molecule has 1 aromatic rings. The Hall–Kier alpha value is -1.08. The second-order valence-electron chi connectivity index (χ2n) is 4.10. The van der Waals surface area contributed by atoms with Gasteiger partial charge in [-0.3, -0.25) is 9.89 Å².